The molecule has 1 fully saturated rings. The number of thiazole rings is 1. The molecule has 0 aliphatic carbocycles. The zero-order chi connectivity index (χ0) is 10.5. The van der Waals surface area contributed by atoms with Gasteiger partial charge in [-0.15, -0.1) is 11.3 Å². The molecule has 0 radical (unpaired) electrons. The molecule has 0 bridgehead atoms. The first kappa shape index (κ1) is 11.4. The van der Waals surface area contributed by atoms with Gasteiger partial charge in [0.1, 0.15) is 0 Å². The second-order valence-electron chi connectivity index (χ2n) is 4.01. The van der Waals surface area contributed by atoms with Crippen LogP contribution in [-0.2, 0) is 13.0 Å². The molecule has 1 N–H and O–H groups in total. The molecule has 4 heteroatoms. The van der Waals surface area contributed by atoms with Crippen molar-refractivity contribution in [2.24, 2.45) is 5.92 Å². The molecular formula is C11H18N2S2. The van der Waals surface area contributed by atoms with Gasteiger partial charge in [0.2, 0.25) is 0 Å². The number of hydrogen-bond donors (Lipinski definition) is 1. The Morgan fingerprint density at radius 3 is 3.00 bits per heavy atom. The third kappa shape index (κ3) is 3.47. The maximum Gasteiger partial charge on any atom is 0.0930 e. The van der Waals surface area contributed by atoms with Gasteiger partial charge in [0.05, 0.1) is 5.01 Å². The Hall–Kier alpha value is -0.0600. The summed E-state index contributed by atoms with van der Waals surface area (Å²) in [4.78, 5) is 5.86. The van der Waals surface area contributed by atoms with E-state index in [2.05, 4.69) is 22.1 Å². The fourth-order valence-corrected chi connectivity index (χ4v) is 4.15. The lowest BCUT2D eigenvalue weighted by Gasteiger charge is -2.19. The number of hydrogen-bond acceptors (Lipinski definition) is 4. The van der Waals surface area contributed by atoms with Crippen LogP contribution in [0.25, 0.3) is 0 Å². The van der Waals surface area contributed by atoms with Gasteiger partial charge in [0, 0.05) is 24.0 Å². The van der Waals surface area contributed by atoms with Crippen molar-refractivity contribution in [3.63, 3.8) is 0 Å². The third-order valence-corrected chi connectivity index (χ3v) is 4.83. The maximum atomic E-state index is 4.50. The van der Waals surface area contributed by atoms with Crippen molar-refractivity contribution < 1.29 is 0 Å². The second-order valence-corrected chi connectivity index (χ2v) is 6.44. The zero-order valence-electron chi connectivity index (χ0n) is 9.16. The molecule has 2 nitrogen and oxygen atoms in total. The smallest absolute Gasteiger partial charge is 0.0930 e. The molecule has 1 aromatic rings. The molecule has 1 saturated heterocycles. The lowest BCUT2D eigenvalue weighted by atomic mass is 9.99. The van der Waals surface area contributed by atoms with Crippen molar-refractivity contribution in [2.45, 2.75) is 25.8 Å². The Morgan fingerprint density at radius 1 is 1.47 bits per heavy atom. The van der Waals surface area contributed by atoms with Gasteiger partial charge in [-0.25, -0.2) is 4.98 Å². The summed E-state index contributed by atoms with van der Waals surface area (Å²) < 4.78 is 0. The molecule has 1 aliphatic heterocycles. The third-order valence-electron chi connectivity index (χ3n) is 2.76. The molecule has 0 amide bonds. The van der Waals surface area contributed by atoms with E-state index in [0.717, 1.165) is 12.5 Å². The molecule has 84 valence electrons. The lowest BCUT2D eigenvalue weighted by molar-refractivity contribution is 0.487. The molecule has 0 saturated carbocycles. The van der Waals surface area contributed by atoms with Crippen molar-refractivity contribution in [3.8, 4) is 0 Å². The van der Waals surface area contributed by atoms with Gasteiger partial charge in [0.15, 0.2) is 0 Å². The van der Waals surface area contributed by atoms with Gasteiger partial charge >= 0.3 is 0 Å². The normalized spacial score (nSPS) is 18.2. The summed E-state index contributed by atoms with van der Waals surface area (Å²) in [6, 6.07) is 0. The monoisotopic (exact) mass is 242 g/mol. The van der Waals surface area contributed by atoms with Crippen LogP contribution in [0.2, 0.25) is 0 Å². The number of aromatic nitrogens is 1. The molecule has 1 aliphatic rings. The standard InChI is InChI=1S/C11H18N2S2/c1-12-7-10-8-13-11(15-10)6-9-2-4-14-5-3-9/h8-9,12H,2-7H2,1H3. The van der Waals surface area contributed by atoms with Crippen molar-refractivity contribution in [3.05, 3.63) is 16.1 Å². The summed E-state index contributed by atoms with van der Waals surface area (Å²) in [6.45, 7) is 0.957. The predicted octanol–water partition coefficient (Wildman–Crippen LogP) is 2.55. The van der Waals surface area contributed by atoms with Crippen LogP contribution in [0, 0.1) is 5.92 Å². The molecule has 1 aromatic heterocycles. The van der Waals surface area contributed by atoms with Gasteiger partial charge in [-0.3, -0.25) is 0 Å². The van der Waals surface area contributed by atoms with Crippen molar-refractivity contribution >= 4 is 23.1 Å². The molecule has 2 rings (SSSR count). The van der Waals surface area contributed by atoms with E-state index in [-0.39, 0.29) is 0 Å². The summed E-state index contributed by atoms with van der Waals surface area (Å²) in [5.74, 6) is 3.58. The number of rotatable bonds is 4. The molecule has 0 atom stereocenters. The van der Waals surface area contributed by atoms with Gasteiger partial charge in [-0.05, 0) is 37.3 Å². The van der Waals surface area contributed by atoms with Crippen LogP contribution in [0.1, 0.15) is 22.7 Å². The van der Waals surface area contributed by atoms with Gasteiger partial charge in [-0.2, -0.15) is 11.8 Å². The van der Waals surface area contributed by atoms with Gasteiger partial charge < -0.3 is 5.32 Å². The lowest BCUT2D eigenvalue weighted by Crippen LogP contribution is -2.11. The number of nitrogens with one attached hydrogen (secondary N) is 1. The van der Waals surface area contributed by atoms with Crippen LogP contribution in [0.3, 0.4) is 0 Å². The fourth-order valence-electron chi connectivity index (χ4n) is 1.90. The minimum atomic E-state index is 0.889. The Balaban J connectivity index is 1.86. The highest BCUT2D eigenvalue weighted by Crippen LogP contribution is 2.27. The Bertz CT molecular complexity index is 293. The van der Waals surface area contributed by atoms with Crippen LogP contribution in [0.4, 0.5) is 0 Å². The van der Waals surface area contributed by atoms with Crippen molar-refractivity contribution in [1.29, 1.82) is 0 Å². The van der Waals surface area contributed by atoms with E-state index in [9.17, 15) is 0 Å². The fraction of sp³-hybridized carbons (Fsp3) is 0.727. The van der Waals surface area contributed by atoms with E-state index in [1.165, 1.54) is 40.7 Å². The Morgan fingerprint density at radius 2 is 2.27 bits per heavy atom. The topological polar surface area (TPSA) is 24.9 Å². The quantitative estimate of drug-likeness (QED) is 0.878. The SMILES string of the molecule is CNCc1cnc(CC2CCSCC2)s1. The minimum absolute atomic E-state index is 0.889. The van der Waals surface area contributed by atoms with E-state index in [1.54, 1.807) is 0 Å². The number of thioether (sulfide) groups is 1. The van der Waals surface area contributed by atoms with E-state index in [1.807, 2.05) is 24.6 Å². The Labute approximate surface area is 99.9 Å². The van der Waals surface area contributed by atoms with Crippen LogP contribution >= 0.6 is 23.1 Å². The van der Waals surface area contributed by atoms with Crippen LogP contribution in [-0.4, -0.2) is 23.5 Å². The molecule has 2 heterocycles. The highest BCUT2D eigenvalue weighted by Gasteiger charge is 2.15. The van der Waals surface area contributed by atoms with E-state index >= 15 is 0 Å². The van der Waals surface area contributed by atoms with E-state index in [0.29, 0.717) is 0 Å². The average molecular weight is 242 g/mol. The predicted molar refractivity (Wildman–Crippen MR) is 68.6 cm³/mol. The molecule has 0 unspecified atom stereocenters. The largest absolute Gasteiger partial charge is 0.315 e. The molecule has 0 aromatic carbocycles. The van der Waals surface area contributed by atoms with Crippen LogP contribution in [0.5, 0.6) is 0 Å². The highest BCUT2D eigenvalue weighted by molar-refractivity contribution is 7.99. The zero-order valence-corrected chi connectivity index (χ0v) is 10.8. The summed E-state index contributed by atoms with van der Waals surface area (Å²) in [6.07, 6.45) is 5.99. The summed E-state index contributed by atoms with van der Waals surface area (Å²) in [5.41, 5.74) is 0. The highest BCUT2D eigenvalue weighted by atomic mass is 32.2. The van der Waals surface area contributed by atoms with Crippen LogP contribution in [0.15, 0.2) is 6.20 Å². The molecule has 15 heavy (non-hydrogen) atoms. The Kier molecular flexibility index (Phi) is 4.47. The molecule has 0 spiro atoms. The first-order valence-electron chi connectivity index (χ1n) is 5.54. The first-order chi connectivity index (χ1) is 7.38. The van der Waals surface area contributed by atoms with Crippen LogP contribution < -0.4 is 5.32 Å². The van der Waals surface area contributed by atoms with Gasteiger partial charge in [0.25, 0.3) is 0 Å². The van der Waals surface area contributed by atoms with E-state index in [4.69, 9.17) is 0 Å². The summed E-state index contributed by atoms with van der Waals surface area (Å²) in [5, 5.41) is 4.50. The van der Waals surface area contributed by atoms with Crippen molar-refractivity contribution in [1.82, 2.24) is 10.3 Å². The summed E-state index contributed by atoms with van der Waals surface area (Å²) in [7, 11) is 1.98. The minimum Gasteiger partial charge on any atom is -0.315 e. The summed E-state index contributed by atoms with van der Waals surface area (Å²) >= 11 is 3.97. The molecular weight excluding hydrogens is 224 g/mol. The van der Waals surface area contributed by atoms with Crippen molar-refractivity contribution in [2.75, 3.05) is 18.6 Å². The van der Waals surface area contributed by atoms with E-state index < -0.39 is 0 Å². The second kappa shape index (κ2) is 5.87. The first-order valence-corrected chi connectivity index (χ1v) is 7.51. The maximum absolute atomic E-state index is 4.50. The number of nitrogens with zero attached hydrogens (tertiary/aromatic N) is 1. The van der Waals surface area contributed by atoms with Gasteiger partial charge in [-0.1, -0.05) is 0 Å². The average Bonchev–Trinajstić information content (AvgIpc) is 2.68.